The van der Waals surface area contributed by atoms with Gasteiger partial charge in [-0.2, -0.15) is 0 Å². The molecule has 4 rings (SSSR count). The standard InChI is InChI=1S/C19H16N2/c1-13-9-14(2)11-16(10-13)21-12-20-18-8-7-15-5-3-4-6-17(15)19(18)21/h3-12H,1-2H3. The van der Waals surface area contributed by atoms with Crippen LogP contribution in [0.1, 0.15) is 11.1 Å². The van der Waals surface area contributed by atoms with Gasteiger partial charge in [0.05, 0.1) is 11.0 Å². The van der Waals surface area contributed by atoms with Crippen molar-refractivity contribution in [3.05, 3.63) is 72.1 Å². The van der Waals surface area contributed by atoms with E-state index in [4.69, 9.17) is 0 Å². The predicted octanol–water partition coefficient (Wildman–Crippen LogP) is 4.80. The van der Waals surface area contributed by atoms with Gasteiger partial charge in [0.25, 0.3) is 0 Å². The molecule has 21 heavy (non-hydrogen) atoms. The second kappa shape index (κ2) is 4.45. The Bertz CT molecular complexity index is 944. The lowest BCUT2D eigenvalue weighted by molar-refractivity contribution is 1.09. The van der Waals surface area contributed by atoms with Gasteiger partial charge in [0.2, 0.25) is 0 Å². The van der Waals surface area contributed by atoms with Gasteiger partial charge in [0, 0.05) is 11.1 Å². The third kappa shape index (κ3) is 1.91. The molecule has 0 fully saturated rings. The van der Waals surface area contributed by atoms with Gasteiger partial charge in [-0.3, -0.25) is 4.57 Å². The van der Waals surface area contributed by atoms with Crippen molar-refractivity contribution in [1.29, 1.82) is 0 Å². The highest BCUT2D eigenvalue weighted by Gasteiger charge is 2.09. The first-order valence-electron chi connectivity index (χ1n) is 7.16. The van der Waals surface area contributed by atoms with Gasteiger partial charge in [-0.15, -0.1) is 0 Å². The van der Waals surface area contributed by atoms with Gasteiger partial charge in [0.15, 0.2) is 0 Å². The SMILES string of the molecule is Cc1cc(C)cc(-n2cnc3ccc4ccccc4c32)c1. The van der Waals surface area contributed by atoms with E-state index in [-0.39, 0.29) is 0 Å². The highest BCUT2D eigenvalue weighted by atomic mass is 15.0. The van der Waals surface area contributed by atoms with Crippen LogP contribution < -0.4 is 0 Å². The summed E-state index contributed by atoms with van der Waals surface area (Å²) in [6, 6.07) is 19.3. The number of hydrogen-bond donors (Lipinski definition) is 0. The molecule has 0 unspecified atom stereocenters. The molecular formula is C19H16N2. The third-order valence-corrected chi connectivity index (χ3v) is 3.92. The lowest BCUT2D eigenvalue weighted by atomic mass is 10.1. The first-order valence-corrected chi connectivity index (χ1v) is 7.16. The van der Waals surface area contributed by atoms with Crippen LogP contribution >= 0.6 is 0 Å². The number of aromatic nitrogens is 2. The van der Waals surface area contributed by atoms with E-state index in [1.807, 2.05) is 6.33 Å². The van der Waals surface area contributed by atoms with Gasteiger partial charge in [0.1, 0.15) is 6.33 Å². The molecule has 1 heterocycles. The molecule has 0 N–H and O–H groups in total. The molecule has 0 saturated heterocycles. The Hall–Kier alpha value is -2.61. The van der Waals surface area contributed by atoms with E-state index in [1.54, 1.807) is 0 Å². The largest absolute Gasteiger partial charge is 0.298 e. The number of fused-ring (bicyclic) bond motifs is 3. The predicted molar refractivity (Wildman–Crippen MR) is 88.1 cm³/mol. The molecule has 3 aromatic carbocycles. The van der Waals surface area contributed by atoms with E-state index >= 15 is 0 Å². The quantitative estimate of drug-likeness (QED) is 0.487. The zero-order valence-electron chi connectivity index (χ0n) is 12.2. The van der Waals surface area contributed by atoms with Gasteiger partial charge in [-0.1, -0.05) is 36.4 Å². The summed E-state index contributed by atoms with van der Waals surface area (Å²) >= 11 is 0. The van der Waals surface area contributed by atoms with Crippen LogP contribution in [0.15, 0.2) is 60.9 Å². The molecule has 0 aliphatic heterocycles. The normalized spacial score (nSPS) is 11.3. The third-order valence-electron chi connectivity index (χ3n) is 3.92. The molecule has 2 heteroatoms. The molecule has 0 aliphatic rings. The first-order chi connectivity index (χ1) is 10.2. The number of nitrogens with zero attached hydrogens (tertiary/aromatic N) is 2. The van der Waals surface area contributed by atoms with Crippen molar-refractivity contribution < 1.29 is 0 Å². The van der Waals surface area contributed by atoms with Gasteiger partial charge >= 0.3 is 0 Å². The number of hydrogen-bond acceptors (Lipinski definition) is 1. The molecule has 4 aromatic rings. The minimum absolute atomic E-state index is 1.04. The van der Waals surface area contributed by atoms with E-state index in [2.05, 4.69) is 78.0 Å². The Morgan fingerprint density at radius 3 is 2.43 bits per heavy atom. The Labute approximate surface area is 123 Å². The minimum Gasteiger partial charge on any atom is -0.298 e. The average molecular weight is 272 g/mol. The molecule has 0 spiro atoms. The van der Waals surface area contributed by atoms with E-state index in [0.717, 1.165) is 5.52 Å². The average Bonchev–Trinajstić information content (AvgIpc) is 2.90. The highest BCUT2D eigenvalue weighted by molar-refractivity contribution is 6.05. The Kier molecular flexibility index (Phi) is 2.58. The van der Waals surface area contributed by atoms with Crippen LogP contribution in [0.2, 0.25) is 0 Å². The molecule has 0 radical (unpaired) electrons. The summed E-state index contributed by atoms with van der Waals surface area (Å²) in [7, 11) is 0. The van der Waals surface area contributed by atoms with E-state index < -0.39 is 0 Å². The summed E-state index contributed by atoms with van der Waals surface area (Å²) in [4.78, 5) is 4.57. The van der Waals surface area contributed by atoms with Crippen LogP contribution in [0.5, 0.6) is 0 Å². The van der Waals surface area contributed by atoms with Gasteiger partial charge in [-0.25, -0.2) is 4.98 Å². The summed E-state index contributed by atoms with van der Waals surface area (Å²) in [5.74, 6) is 0. The van der Waals surface area contributed by atoms with Crippen molar-refractivity contribution in [2.75, 3.05) is 0 Å². The zero-order valence-corrected chi connectivity index (χ0v) is 12.2. The second-order valence-electron chi connectivity index (χ2n) is 5.61. The summed E-state index contributed by atoms with van der Waals surface area (Å²) < 4.78 is 2.19. The fraction of sp³-hybridized carbons (Fsp3) is 0.105. The van der Waals surface area contributed by atoms with E-state index in [9.17, 15) is 0 Å². The molecule has 0 atom stereocenters. The highest BCUT2D eigenvalue weighted by Crippen LogP contribution is 2.27. The maximum absolute atomic E-state index is 4.57. The van der Waals surface area contributed by atoms with E-state index in [1.165, 1.54) is 33.1 Å². The molecular weight excluding hydrogens is 256 g/mol. The summed E-state index contributed by atoms with van der Waals surface area (Å²) in [5.41, 5.74) is 5.93. The monoisotopic (exact) mass is 272 g/mol. The lowest BCUT2D eigenvalue weighted by Crippen LogP contribution is -1.94. The maximum Gasteiger partial charge on any atom is 0.100 e. The number of imidazole rings is 1. The van der Waals surface area contributed by atoms with Crippen molar-refractivity contribution in [1.82, 2.24) is 9.55 Å². The molecule has 0 saturated carbocycles. The summed E-state index contributed by atoms with van der Waals surface area (Å²) in [6.45, 7) is 4.27. The van der Waals surface area contributed by atoms with Crippen LogP contribution in [0.25, 0.3) is 27.5 Å². The van der Waals surface area contributed by atoms with Crippen molar-refractivity contribution in [3.8, 4) is 5.69 Å². The van der Waals surface area contributed by atoms with Crippen LogP contribution in [-0.4, -0.2) is 9.55 Å². The van der Waals surface area contributed by atoms with Crippen molar-refractivity contribution in [2.45, 2.75) is 13.8 Å². The Morgan fingerprint density at radius 1 is 0.857 bits per heavy atom. The molecule has 102 valence electrons. The Balaban J connectivity index is 2.11. The lowest BCUT2D eigenvalue weighted by Gasteiger charge is -2.09. The fourth-order valence-corrected chi connectivity index (χ4v) is 3.06. The fourth-order valence-electron chi connectivity index (χ4n) is 3.06. The van der Waals surface area contributed by atoms with Crippen LogP contribution in [0.4, 0.5) is 0 Å². The number of aryl methyl sites for hydroxylation is 2. The van der Waals surface area contributed by atoms with Crippen LogP contribution in [-0.2, 0) is 0 Å². The maximum atomic E-state index is 4.57. The van der Waals surface area contributed by atoms with E-state index in [0.29, 0.717) is 0 Å². The summed E-state index contributed by atoms with van der Waals surface area (Å²) in [5, 5.41) is 2.49. The molecule has 0 aliphatic carbocycles. The van der Waals surface area contributed by atoms with Crippen molar-refractivity contribution in [3.63, 3.8) is 0 Å². The van der Waals surface area contributed by atoms with Gasteiger partial charge in [-0.05, 0) is 48.6 Å². The van der Waals surface area contributed by atoms with Crippen molar-refractivity contribution >= 4 is 21.8 Å². The summed E-state index contributed by atoms with van der Waals surface area (Å²) in [6.07, 6.45) is 1.92. The molecule has 0 amide bonds. The van der Waals surface area contributed by atoms with Crippen LogP contribution in [0, 0.1) is 13.8 Å². The van der Waals surface area contributed by atoms with Gasteiger partial charge < -0.3 is 0 Å². The number of benzene rings is 3. The van der Waals surface area contributed by atoms with Crippen molar-refractivity contribution in [2.24, 2.45) is 0 Å². The topological polar surface area (TPSA) is 17.8 Å². The molecule has 1 aromatic heterocycles. The molecule has 0 bridgehead atoms. The Morgan fingerprint density at radius 2 is 1.62 bits per heavy atom. The minimum atomic E-state index is 1.04. The second-order valence-corrected chi connectivity index (χ2v) is 5.61. The first kappa shape index (κ1) is 12.2. The zero-order chi connectivity index (χ0) is 14.4. The smallest absolute Gasteiger partial charge is 0.100 e. The molecule has 2 nitrogen and oxygen atoms in total. The van der Waals surface area contributed by atoms with Crippen LogP contribution in [0.3, 0.4) is 0 Å². The number of rotatable bonds is 1.